The van der Waals surface area contributed by atoms with E-state index in [1.54, 1.807) is 12.4 Å². The maximum absolute atomic E-state index is 5.94. The first kappa shape index (κ1) is 18.4. The van der Waals surface area contributed by atoms with Crippen LogP contribution >= 0.6 is 0 Å². The molecular formula is C20H24N6O2. The van der Waals surface area contributed by atoms with E-state index < -0.39 is 0 Å². The SMILES string of the molecule is Nc1ccccc1CCOCc1nnc(C2CCN(c3ncccn3)CC2)o1. The van der Waals surface area contributed by atoms with Crippen molar-refractivity contribution in [2.45, 2.75) is 31.8 Å². The van der Waals surface area contributed by atoms with Gasteiger partial charge in [0, 0.05) is 37.1 Å². The minimum Gasteiger partial charge on any atom is -0.422 e. The lowest BCUT2D eigenvalue weighted by Crippen LogP contribution is -2.34. The van der Waals surface area contributed by atoms with Crippen molar-refractivity contribution in [1.29, 1.82) is 0 Å². The van der Waals surface area contributed by atoms with Crippen molar-refractivity contribution in [3.8, 4) is 0 Å². The number of rotatable bonds is 7. The molecule has 0 amide bonds. The molecular weight excluding hydrogens is 356 g/mol. The Labute approximate surface area is 163 Å². The minimum atomic E-state index is 0.269. The minimum absolute atomic E-state index is 0.269. The molecule has 0 aliphatic carbocycles. The standard InChI is InChI=1S/C20H24N6O2/c21-17-5-2-1-4-15(17)8-13-27-14-18-24-25-19(28-18)16-6-11-26(12-7-16)20-22-9-3-10-23-20/h1-5,9-10,16H,6-8,11-14,21H2. The van der Waals surface area contributed by atoms with Crippen molar-refractivity contribution in [3.05, 3.63) is 60.1 Å². The lowest BCUT2D eigenvalue weighted by atomic mass is 9.97. The Morgan fingerprint density at radius 3 is 2.64 bits per heavy atom. The van der Waals surface area contributed by atoms with Crippen LogP contribution in [-0.4, -0.2) is 39.9 Å². The molecule has 0 atom stereocenters. The Morgan fingerprint density at radius 2 is 1.86 bits per heavy atom. The Morgan fingerprint density at radius 1 is 1.07 bits per heavy atom. The van der Waals surface area contributed by atoms with Gasteiger partial charge in [-0.05, 0) is 37.0 Å². The van der Waals surface area contributed by atoms with Gasteiger partial charge in [-0.25, -0.2) is 9.97 Å². The number of para-hydroxylation sites is 1. The van der Waals surface area contributed by atoms with Gasteiger partial charge in [0.2, 0.25) is 17.7 Å². The van der Waals surface area contributed by atoms with Crippen molar-refractivity contribution < 1.29 is 9.15 Å². The fourth-order valence-electron chi connectivity index (χ4n) is 3.37. The first-order chi connectivity index (χ1) is 13.8. The summed E-state index contributed by atoms with van der Waals surface area (Å²) in [4.78, 5) is 10.8. The molecule has 0 spiro atoms. The molecule has 2 N–H and O–H groups in total. The average molecular weight is 380 g/mol. The number of nitrogen functional groups attached to an aromatic ring is 1. The Kier molecular flexibility index (Phi) is 5.77. The van der Waals surface area contributed by atoms with Crippen LogP contribution in [-0.2, 0) is 17.8 Å². The average Bonchev–Trinajstić information content (AvgIpc) is 3.22. The van der Waals surface area contributed by atoms with Crippen LogP contribution < -0.4 is 10.6 Å². The molecule has 0 unspecified atom stereocenters. The van der Waals surface area contributed by atoms with Gasteiger partial charge in [-0.1, -0.05) is 18.2 Å². The van der Waals surface area contributed by atoms with Gasteiger partial charge >= 0.3 is 0 Å². The first-order valence-corrected chi connectivity index (χ1v) is 9.55. The summed E-state index contributed by atoms with van der Waals surface area (Å²) in [6.07, 6.45) is 6.17. The van der Waals surface area contributed by atoms with Crippen molar-refractivity contribution >= 4 is 11.6 Å². The van der Waals surface area contributed by atoms with Crippen molar-refractivity contribution in [2.24, 2.45) is 0 Å². The number of piperidine rings is 1. The highest BCUT2D eigenvalue weighted by Crippen LogP contribution is 2.28. The number of nitrogens with two attached hydrogens (primary N) is 1. The van der Waals surface area contributed by atoms with Crippen molar-refractivity contribution in [1.82, 2.24) is 20.2 Å². The number of hydrogen-bond acceptors (Lipinski definition) is 8. The third kappa shape index (κ3) is 4.45. The summed E-state index contributed by atoms with van der Waals surface area (Å²) in [5.41, 5.74) is 7.82. The monoisotopic (exact) mass is 380 g/mol. The van der Waals surface area contributed by atoms with Crippen molar-refractivity contribution in [3.63, 3.8) is 0 Å². The zero-order chi connectivity index (χ0) is 19.2. The van der Waals surface area contributed by atoms with Gasteiger partial charge in [0.05, 0.1) is 6.61 Å². The molecule has 28 heavy (non-hydrogen) atoms. The molecule has 1 fully saturated rings. The second-order valence-corrected chi connectivity index (χ2v) is 6.85. The molecule has 1 aliphatic rings. The predicted molar refractivity (Wildman–Crippen MR) is 105 cm³/mol. The zero-order valence-corrected chi connectivity index (χ0v) is 15.7. The van der Waals surface area contributed by atoms with E-state index in [1.807, 2.05) is 30.3 Å². The van der Waals surface area contributed by atoms with Crippen LogP contribution in [0.5, 0.6) is 0 Å². The summed E-state index contributed by atoms with van der Waals surface area (Å²) >= 11 is 0. The van der Waals surface area contributed by atoms with E-state index in [0.717, 1.165) is 49.6 Å². The van der Waals surface area contributed by atoms with Gasteiger partial charge < -0.3 is 19.8 Å². The Balaban J connectivity index is 1.23. The highest BCUT2D eigenvalue weighted by atomic mass is 16.5. The molecule has 146 valence electrons. The van der Waals surface area contributed by atoms with Crippen LogP contribution in [0, 0.1) is 0 Å². The van der Waals surface area contributed by atoms with Crippen LogP contribution in [0.2, 0.25) is 0 Å². The molecule has 8 heteroatoms. The number of hydrogen-bond donors (Lipinski definition) is 1. The summed E-state index contributed by atoms with van der Waals surface area (Å²) in [6.45, 7) is 2.63. The zero-order valence-electron chi connectivity index (χ0n) is 15.7. The molecule has 3 aromatic rings. The number of ether oxygens (including phenoxy) is 1. The van der Waals surface area contributed by atoms with Gasteiger partial charge in [-0.15, -0.1) is 10.2 Å². The maximum Gasteiger partial charge on any atom is 0.242 e. The van der Waals surface area contributed by atoms with E-state index in [-0.39, 0.29) is 5.92 Å². The lowest BCUT2D eigenvalue weighted by molar-refractivity contribution is 0.104. The molecule has 1 aromatic carbocycles. The summed E-state index contributed by atoms with van der Waals surface area (Å²) in [6, 6.07) is 9.64. The van der Waals surface area contributed by atoms with Crippen molar-refractivity contribution in [2.75, 3.05) is 30.3 Å². The van der Waals surface area contributed by atoms with Crippen LogP contribution in [0.15, 0.2) is 47.1 Å². The largest absolute Gasteiger partial charge is 0.422 e. The summed E-state index contributed by atoms with van der Waals surface area (Å²) in [5, 5.41) is 8.35. The third-order valence-corrected chi connectivity index (χ3v) is 4.96. The maximum atomic E-state index is 5.94. The number of anilines is 2. The molecule has 4 rings (SSSR count). The number of aromatic nitrogens is 4. The Hall–Kier alpha value is -3.00. The fourth-order valence-corrected chi connectivity index (χ4v) is 3.37. The van der Waals surface area contributed by atoms with E-state index in [2.05, 4.69) is 25.1 Å². The fraction of sp³-hybridized carbons (Fsp3) is 0.400. The quantitative estimate of drug-likeness (QED) is 0.493. The molecule has 0 saturated carbocycles. The van der Waals surface area contributed by atoms with Crippen LogP contribution in [0.4, 0.5) is 11.6 Å². The van der Waals surface area contributed by atoms with E-state index in [1.165, 1.54) is 0 Å². The van der Waals surface area contributed by atoms with Gasteiger partial charge in [0.25, 0.3) is 0 Å². The smallest absolute Gasteiger partial charge is 0.242 e. The molecule has 8 nitrogen and oxygen atoms in total. The highest BCUT2D eigenvalue weighted by Gasteiger charge is 2.26. The van der Waals surface area contributed by atoms with Crippen LogP contribution in [0.25, 0.3) is 0 Å². The van der Waals surface area contributed by atoms with E-state index in [0.29, 0.717) is 25.0 Å². The summed E-state index contributed by atoms with van der Waals surface area (Å²) in [7, 11) is 0. The van der Waals surface area contributed by atoms with E-state index in [9.17, 15) is 0 Å². The van der Waals surface area contributed by atoms with Gasteiger partial charge in [0.1, 0.15) is 6.61 Å². The van der Waals surface area contributed by atoms with E-state index in [4.69, 9.17) is 14.9 Å². The van der Waals surface area contributed by atoms with Crippen LogP contribution in [0.3, 0.4) is 0 Å². The third-order valence-electron chi connectivity index (χ3n) is 4.96. The normalized spacial score (nSPS) is 15.1. The molecule has 1 saturated heterocycles. The van der Waals surface area contributed by atoms with E-state index >= 15 is 0 Å². The van der Waals surface area contributed by atoms with Gasteiger partial charge in [-0.2, -0.15) is 0 Å². The Bertz CT molecular complexity index is 877. The second kappa shape index (κ2) is 8.79. The lowest BCUT2D eigenvalue weighted by Gasteiger charge is -2.30. The van der Waals surface area contributed by atoms with Gasteiger partial charge in [-0.3, -0.25) is 0 Å². The molecule has 0 bridgehead atoms. The van der Waals surface area contributed by atoms with Crippen LogP contribution in [0.1, 0.15) is 36.1 Å². The molecule has 1 aliphatic heterocycles. The molecule has 0 radical (unpaired) electrons. The second-order valence-electron chi connectivity index (χ2n) is 6.85. The summed E-state index contributed by atoms with van der Waals surface area (Å²) in [5.74, 6) is 2.26. The first-order valence-electron chi connectivity index (χ1n) is 9.55. The number of benzene rings is 1. The topological polar surface area (TPSA) is 103 Å². The van der Waals surface area contributed by atoms with Gasteiger partial charge in [0.15, 0.2) is 0 Å². The molecule has 2 aromatic heterocycles. The molecule has 3 heterocycles. The number of nitrogens with zero attached hydrogens (tertiary/aromatic N) is 5. The predicted octanol–water partition coefficient (Wildman–Crippen LogP) is 2.59. The summed E-state index contributed by atoms with van der Waals surface area (Å²) < 4.78 is 11.5. The highest BCUT2D eigenvalue weighted by molar-refractivity contribution is 5.46.